The maximum absolute atomic E-state index is 13.4. The summed E-state index contributed by atoms with van der Waals surface area (Å²) in [5, 5.41) is 2.58. The van der Waals surface area contributed by atoms with Crippen molar-refractivity contribution in [3.8, 4) is 17.1 Å². The third-order valence-corrected chi connectivity index (χ3v) is 5.87. The quantitative estimate of drug-likeness (QED) is 0.294. The first kappa shape index (κ1) is 25.3. The minimum absolute atomic E-state index is 0.0724. The number of anilines is 1. The van der Waals surface area contributed by atoms with E-state index in [0.717, 1.165) is 23.8 Å². The Morgan fingerprint density at radius 1 is 1.08 bits per heavy atom. The summed E-state index contributed by atoms with van der Waals surface area (Å²) in [6.07, 6.45) is -5.72. The van der Waals surface area contributed by atoms with Crippen LogP contribution in [-0.4, -0.2) is 12.0 Å². The van der Waals surface area contributed by atoms with E-state index < -0.39 is 29.2 Å². The van der Waals surface area contributed by atoms with Crippen molar-refractivity contribution >= 4 is 34.2 Å². The first-order valence-corrected chi connectivity index (χ1v) is 11.4. The molecule has 4 rings (SSSR count). The number of carbonyl (C=O) groups excluding carboxylic acids is 1. The van der Waals surface area contributed by atoms with Crippen LogP contribution in [0.25, 0.3) is 22.3 Å². The average Bonchev–Trinajstić information content (AvgIpc) is 2.84. The van der Waals surface area contributed by atoms with Gasteiger partial charge in [0.2, 0.25) is 11.2 Å². The van der Waals surface area contributed by atoms with Crippen molar-refractivity contribution in [2.24, 2.45) is 0 Å². The third-order valence-electron chi connectivity index (χ3n) is 5.54. The first-order valence-electron chi connectivity index (χ1n) is 11.1. The maximum Gasteiger partial charge on any atom is 0.416 e. The van der Waals surface area contributed by atoms with E-state index in [1.807, 2.05) is 19.1 Å². The number of rotatable bonds is 6. The van der Waals surface area contributed by atoms with Crippen LogP contribution in [0.2, 0.25) is 5.02 Å². The summed E-state index contributed by atoms with van der Waals surface area (Å²) in [6.45, 7) is 3.56. The van der Waals surface area contributed by atoms with Crippen molar-refractivity contribution in [1.29, 1.82) is 0 Å². The van der Waals surface area contributed by atoms with Gasteiger partial charge >= 0.3 is 6.18 Å². The number of para-hydroxylation sites is 1. The number of halogens is 4. The Bertz CT molecular complexity index is 1480. The fourth-order valence-corrected chi connectivity index (χ4v) is 3.77. The smallest absolute Gasteiger partial charge is 0.416 e. The number of benzene rings is 3. The van der Waals surface area contributed by atoms with Gasteiger partial charge in [-0.05, 0) is 43.7 Å². The number of aryl methyl sites for hydroxylation is 1. The summed E-state index contributed by atoms with van der Waals surface area (Å²) < 4.78 is 51.3. The minimum Gasteiger partial charge on any atom is -0.473 e. The zero-order valence-electron chi connectivity index (χ0n) is 19.3. The van der Waals surface area contributed by atoms with Gasteiger partial charge in [-0.25, -0.2) is 0 Å². The molecule has 4 aromatic rings. The first-order chi connectivity index (χ1) is 17.1. The molecule has 1 aromatic heterocycles. The van der Waals surface area contributed by atoms with E-state index in [0.29, 0.717) is 11.1 Å². The Labute approximate surface area is 209 Å². The lowest BCUT2D eigenvalue weighted by Gasteiger charge is -2.20. The van der Waals surface area contributed by atoms with Gasteiger partial charge < -0.3 is 14.5 Å². The van der Waals surface area contributed by atoms with Crippen molar-refractivity contribution in [1.82, 2.24) is 0 Å². The summed E-state index contributed by atoms with van der Waals surface area (Å²) >= 11 is 6.02. The van der Waals surface area contributed by atoms with Gasteiger partial charge in [-0.15, -0.1) is 0 Å². The molecule has 1 amide bonds. The molecule has 0 saturated carbocycles. The van der Waals surface area contributed by atoms with Crippen molar-refractivity contribution in [3.63, 3.8) is 0 Å². The lowest BCUT2D eigenvalue weighted by Crippen LogP contribution is -2.34. The molecule has 0 radical (unpaired) electrons. The number of ether oxygens (including phenoxy) is 1. The van der Waals surface area contributed by atoms with E-state index in [1.165, 1.54) is 0 Å². The fourth-order valence-electron chi connectivity index (χ4n) is 3.60. The number of carbonyl (C=O) groups is 1. The van der Waals surface area contributed by atoms with E-state index in [2.05, 4.69) is 5.32 Å². The van der Waals surface area contributed by atoms with E-state index in [1.54, 1.807) is 43.3 Å². The summed E-state index contributed by atoms with van der Waals surface area (Å²) in [7, 11) is 0. The highest BCUT2D eigenvalue weighted by Gasteiger charge is 2.32. The molecule has 186 valence electrons. The summed E-state index contributed by atoms with van der Waals surface area (Å²) in [5.74, 6) is -0.794. The zero-order chi connectivity index (χ0) is 26.0. The molecule has 3 aromatic carbocycles. The molecule has 5 nitrogen and oxygen atoms in total. The number of amides is 1. The van der Waals surface area contributed by atoms with Crippen LogP contribution < -0.4 is 15.5 Å². The van der Waals surface area contributed by atoms with Crippen LogP contribution in [0.15, 0.2) is 75.9 Å². The molecule has 0 fully saturated rings. The predicted octanol–water partition coefficient (Wildman–Crippen LogP) is 7.24. The Morgan fingerprint density at radius 3 is 2.44 bits per heavy atom. The predicted molar refractivity (Wildman–Crippen MR) is 132 cm³/mol. The van der Waals surface area contributed by atoms with Crippen molar-refractivity contribution in [2.75, 3.05) is 5.32 Å². The normalized spacial score (nSPS) is 12.4. The zero-order valence-corrected chi connectivity index (χ0v) is 20.0. The Morgan fingerprint density at radius 2 is 1.78 bits per heavy atom. The topological polar surface area (TPSA) is 68.5 Å². The molecule has 36 heavy (non-hydrogen) atoms. The van der Waals surface area contributed by atoms with E-state index in [9.17, 15) is 22.8 Å². The van der Waals surface area contributed by atoms with Crippen molar-refractivity contribution < 1.29 is 27.1 Å². The molecule has 1 N–H and O–H groups in total. The van der Waals surface area contributed by atoms with Crippen LogP contribution >= 0.6 is 11.6 Å². The van der Waals surface area contributed by atoms with E-state index in [4.69, 9.17) is 20.8 Å². The lowest BCUT2D eigenvalue weighted by atomic mass is 10.1. The molecule has 1 heterocycles. The molecule has 0 aliphatic carbocycles. The molecular formula is C27H21ClF3NO4. The van der Waals surface area contributed by atoms with Gasteiger partial charge in [0.25, 0.3) is 5.91 Å². The average molecular weight is 516 g/mol. The number of hydrogen-bond acceptors (Lipinski definition) is 4. The number of fused-ring (bicyclic) bond motifs is 1. The molecule has 0 aliphatic rings. The second kappa shape index (κ2) is 10.1. The molecule has 1 atom stereocenters. The highest BCUT2D eigenvalue weighted by molar-refractivity contribution is 6.33. The second-order valence-electron chi connectivity index (χ2n) is 8.15. The van der Waals surface area contributed by atoms with Crippen LogP contribution in [0.1, 0.15) is 24.5 Å². The number of nitrogens with one attached hydrogen (secondary N) is 1. The maximum atomic E-state index is 13.4. The highest BCUT2D eigenvalue weighted by atomic mass is 35.5. The molecule has 0 bridgehead atoms. The minimum atomic E-state index is -4.61. The standard InChI is InChI=1S/C27H21ClF3NO4/c1-3-21(26(34)32-20-14-17(27(29,30)31)12-13-19(20)28)35-25-23(33)18-6-4-5-7-22(18)36-24(25)16-10-8-15(2)9-11-16/h4-14,21H,3H2,1-2H3,(H,32,34). The second-order valence-corrected chi connectivity index (χ2v) is 8.56. The summed E-state index contributed by atoms with van der Waals surface area (Å²) in [5.41, 5.74) is 0.244. The van der Waals surface area contributed by atoms with Crippen LogP contribution in [0, 0.1) is 6.92 Å². The van der Waals surface area contributed by atoms with Gasteiger partial charge in [-0.1, -0.05) is 60.5 Å². The highest BCUT2D eigenvalue weighted by Crippen LogP contribution is 2.35. The SMILES string of the molecule is CCC(Oc1c(-c2ccc(C)cc2)oc2ccccc2c1=O)C(=O)Nc1cc(C(F)(F)F)ccc1Cl. The molecule has 0 aliphatic heterocycles. The van der Waals surface area contributed by atoms with Gasteiger partial charge in [0, 0.05) is 5.56 Å². The monoisotopic (exact) mass is 515 g/mol. The van der Waals surface area contributed by atoms with Crippen LogP contribution in [0.4, 0.5) is 18.9 Å². The third kappa shape index (κ3) is 5.23. The van der Waals surface area contributed by atoms with Crippen LogP contribution in [-0.2, 0) is 11.0 Å². The largest absolute Gasteiger partial charge is 0.473 e. The number of hydrogen-bond donors (Lipinski definition) is 1. The molecule has 9 heteroatoms. The summed E-state index contributed by atoms with van der Waals surface area (Å²) in [6, 6.07) is 16.5. The van der Waals surface area contributed by atoms with Gasteiger partial charge in [0.05, 0.1) is 21.7 Å². The number of alkyl halides is 3. The van der Waals surface area contributed by atoms with Crippen LogP contribution in [0.5, 0.6) is 5.75 Å². The van der Waals surface area contributed by atoms with Crippen LogP contribution in [0.3, 0.4) is 0 Å². The van der Waals surface area contributed by atoms with Gasteiger partial charge in [-0.2, -0.15) is 13.2 Å². The molecular weight excluding hydrogens is 495 g/mol. The molecule has 0 spiro atoms. The van der Waals surface area contributed by atoms with E-state index >= 15 is 0 Å². The lowest BCUT2D eigenvalue weighted by molar-refractivity contribution is -0.137. The molecule has 1 unspecified atom stereocenters. The Hall–Kier alpha value is -3.78. The molecule has 0 saturated heterocycles. The Balaban J connectivity index is 1.73. The van der Waals surface area contributed by atoms with Gasteiger partial charge in [0.1, 0.15) is 5.58 Å². The van der Waals surface area contributed by atoms with Crippen molar-refractivity contribution in [2.45, 2.75) is 32.5 Å². The Kier molecular flexibility index (Phi) is 7.08. The fraction of sp³-hybridized carbons (Fsp3) is 0.185. The summed E-state index contributed by atoms with van der Waals surface area (Å²) in [4.78, 5) is 26.4. The van der Waals surface area contributed by atoms with Crippen molar-refractivity contribution in [3.05, 3.63) is 93.1 Å². The van der Waals surface area contributed by atoms with Gasteiger partial charge in [0.15, 0.2) is 11.9 Å². The van der Waals surface area contributed by atoms with Gasteiger partial charge in [-0.3, -0.25) is 9.59 Å². The van der Waals surface area contributed by atoms with E-state index in [-0.39, 0.29) is 34.0 Å².